The highest BCUT2D eigenvalue weighted by atomic mass is 16.5. The number of methoxy groups -OCH3 is 1. The molecule has 1 N–H and O–H groups in total. The van der Waals surface area contributed by atoms with Crippen LogP contribution in [0.5, 0.6) is 0 Å². The first-order chi connectivity index (χ1) is 9.84. The normalized spacial score (nSPS) is 12.3. The summed E-state index contributed by atoms with van der Waals surface area (Å²) in [4.78, 5) is 0. The highest BCUT2D eigenvalue weighted by Crippen LogP contribution is 2.17. The van der Waals surface area contributed by atoms with E-state index in [-0.39, 0.29) is 5.60 Å². The van der Waals surface area contributed by atoms with Crippen LogP contribution in [0, 0.1) is 12.8 Å². The van der Waals surface area contributed by atoms with Gasteiger partial charge < -0.3 is 19.2 Å². The van der Waals surface area contributed by atoms with Crippen molar-refractivity contribution >= 4 is 0 Å². The van der Waals surface area contributed by atoms with Crippen molar-refractivity contribution in [2.24, 2.45) is 5.92 Å². The number of hydrogen-bond donors (Lipinski definition) is 1. The zero-order valence-electron chi connectivity index (χ0n) is 14.4. The molecular weight excluding hydrogens is 266 g/mol. The molecule has 0 spiro atoms. The Hall–Kier alpha value is -0.840. The van der Waals surface area contributed by atoms with E-state index >= 15 is 0 Å². The van der Waals surface area contributed by atoms with Gasteiger partial charge in [-0.3, -0.25) is 0 Å². The highest BCUT2D eigenvalue weighted by Gasteiger charge is 2.16. The minimum atomic E-state index is -0.128. The van der Waals surface area contributed by atoms with E-state index in [1.54, 1.807) is 7.11 Å². The first-order valence-corrected chi connectivity index (χ1v) is 7.76. The topological polar surface area (TPSA) is 43.6 Å². The number of aryl methyl sites for hydroxylation is 1. The van der Waals surface area contributed by atoms with Crippen molar-refractivity contribution in [3.8, 4) is 0 Å². The van der Waals surface area contributed by atoms with Gasteiger partial charge in [0.2, 0.25) is 0 Å². The summed E-state index contributed by atoms with van der Waals surface area (Å²) in [6.45, 7) is 13.6. The van der Waals surface area contributed by atoms with E-state index in [4.69, 9.17) is 13.9 Å². The molecule has 1 rings (SSSR count). The molecule has 0 unspecified atom stereocenters. The van der Waals surface area contributed by atoms with Crippen molar-refractivity contribution in [1.82, 2.24) is 5.32 Å². The third-order valence-corrected chi connectivity index (χ3v) is 3.58. The molecule has 4 nitrogen and oxygen atoms in total. The maximum Gasteiger partial charge on any atom is 0.118 e. The largest absolute Gasteiger partial charge is 0.465 e. The lowest BCUT2D eigenvalue weighted by Gasteiger charge is -2.22. The molecule has 0 saturated carbocycles. The third-order valence-electron chi connectivity index (χ3n) is 3.58. The van der Waals surface area contributed by atoms with Gasteiger partial charge in [-0.1, -0.05) is 13.8 Å². The molecule has 0 aromatic carbocycles. The van der Waals surface area contributed by atoms with Gasteiger partial charge in [0.15, 0.2) is 0 Å². The molecule has 1 aromatic heterocycles. The molecule has 0 bridgehead atoms. The van der Waals surface area contributed by atoms with Gasteiger partial charge in [0.05, 0.1) is 18.8 Å². The summed E-state index contributed by atoms with van der Waals surface area (Å²) in [5.74, 6) is 2.57. The average molecular weight is 297 g/mol. The SMILES string of the molecule is COC(C)(C)CCOCc1cc(CNCC(C)C)oc1C. The molecule has 1 heterocycles. The van der Waals surface area contributed by atoms with Gasteiger partial charge >= 0.3 is 0 Å². The molecule has 0 saturated heterocycles. The molecule has 0 atom stereocenters. The van der Waals surface area contributed by atoms with Crippen LogP contribution < -0.4 is 5.32 Å². The summed E-state index contributed by atoms with van der Waals surface area (Å²) in [6.07, 6.45) is 0.878. The summed E-state index contributed by atoms with van der Waals surface area (Å²) in [7, 11) is 1.73. The second-order valence-corrected chi connectivity index (χ2v) is 6.59. The lowest BCUT2D eigenvalue weighted by Crippen LogP contribution is -2.24. The Balaban J connectivity index is 2.34. The van der Waals surface area contributed by atoms with E-state index in [1.165, 1.54) is 0 Å². The number of nitrogens with one attached hydrogen (secondary N) is 1. The van der Waals surface area contributed by atoms with Crippen molar-refractivity contribution in [2.45, 2.75) is 59.8 Å². The maximum absolute atomic E-state index is 5.75. The van der Waals surface area contributed by atoms with Crippen LogP contribution in [0.3, 0.4) is 0 Å². The Bertz CT molecular complexity index is 410. The minimum absolute atomic E-state index is 0.128. The van der Waals surface area contributed by atoms with Crippen LogP contribution in [-0.4, -0.2) is 25.9 Å². The summed E-state index contributed by atoms with van der Waals surface area (Å²) < 4.78 is 16.9. The lowest BCUT2D eigenvalue weighted by atomic mass is 10.1. The third kappa shape index (κ3) is 7.11. The molecular formula is C17H31NO3. The average Bonchev–Trinajstić information content (AvgIpc) is 2.75. The molecule has 0 amide bonds. The predicted octanol–water partition coefficient (Wildman–Crippen LogP) is 3.67. The second-order valence-electron chi connectivity index (χ2n) is 6.59. The van der Waals surface area contributed by atoms with Crippen molar-refractivity contribution in [3.05, 3.63) is 23.2 Å². The Labute approximate surface area is 129 Å². The minimum Gasteiger partial charge on any atom is -0.465 e. The Kier molecular flexibility index (Phi) is 7.43. The van der Waals surface area contributed by atoms with E-state index in [9.17, 15) is 0 Å². The fraction of sp³-hybridized carbons (Fsp3) is 0.765. The predicted molar refractivity (Wildman–Crippen MR) is 85.4 cm³/mol. The smallest absolute Gasteiger partial charge is 0.118 e. The van der Waals surface area contributed by atoms with E-state index in [1.807, 2.05) is 6.92 Å². The van der Waals surface area contributed by atoms with Crippen molar-refractivity contribution in [1.29, 1.82) is 0 Å². The first-order valence-electron chi connectivity index (χ1n) is 7.76. The van der Waals surface area contributed by atoms with Gasteiger partial charge in [-0.15, -0.1) is 0 Å². The van der Waals surface area contributed by atoms with Crippen LogP contribution in [0.25, 0.3) is 0 Å². The molecule has 0 aliphatic carbocycles. The van der Waals surface area contributed by atoms with E-state index in [2.05, 4.69) is 39.1 Å². The van der Waals surface area contributed by atoms with Crippen LogP contribution >= 0.6 is 0 Å². The Morgan fingerprint density at radius 2 is 2.05 bits per heavy atom. The van der Waals surface area contributed by atoms with Crippen LogP contribution in [0.15, 0.2) is 10.5 Å². The van der Waals surface area contributed by atoms with Crippen molar-refractivity contribution in [3.63, 3.8) is 0 Å². The first kappa shape index (κ1) is 18.2. The van der Waals surface area contributed by atoms with Crippen LogP contribution in [0.1, 0.15) is 51.2 Å². The van der Waals surface area contributed by atoms with Gasteiger partial charge in [-0.25, -0.2) is 0 Å². The van der Waals surface area contributed by atoms with E-state index in [0.717, 1.165) is 36.6 Å². The van der Waals surface area contributed by atoms with Gasteiger partial charge in [-0.05, 0) is 45.7 Å². The highest BCUT2D eigenvalue weighted by molar-refractivity contribution is 5.19. The van der Waals surface area contributed by atoms with Crippen molar-refractivity contribution < 1.29 is 13.9 Å². The molecule has 21 heavy (non-hydrogen) atoms. The number of ether oxygens (including phenoxy) is 2. The zero-order valence-corrected chi connectivity index (χ0v) is 14.4. The second kappa shape index (κ2) is 8.57. The molecule has 4 heteroatoms. The summed E-state index contributed by atoms with van der Waals surface area (Å²) in [6, 6.07) is 2.09. The molecule has 0 radical (unpaired) electrons. The lowest BCUT2D eigenvalue weighted by molar-refractivity contribution is -0.0125. The molecule has 0 fully saturated rings. The van der Waals surface area contributed by atoms with Gasteiger partial charge in [-0.2, -0.15) is 0 Å². The number of hydrogen-bond acceptors (Lipinski definition) is 4. The quantitative estimate of drug-likeness (QED) is 0.669. The number of rotatable bonds is 10. The molecule has 1 aromatic rings. The van der Waals surface area contributed by atoms with Crippen LogP contribution in [0.4, 0.5) is 0 Å². The summed E-state index contributed by atoms with van der Waals surface area (Å²) in [5.41, 5.74) is 1.00. The van der Waals surface area contributed by atoms with Crippen LogP contribution in [0.2, 0.25) is 0 Å². The molecule has 0 aliphatic heterocycles. The summed E-state index contributed by atoms with van der Waals surface area (Å²) in [5, 5.41) is 3.39. The van der Waals surface area contributed by atoms with Crippen molar-refractivity contribution in [2.75, 3.05) is 20.3 Å². The van der Waals surface area contributed by atoms with E-state index in [0.29, 0.717) is 19.1 Å². The molecule has 0 aliphatic rings. The maximum atomic E-state index is 5.75. The van der Waals surface area contributed by atoms with Gasteiger partial charge in [0, 0.05) is 19.3 Å². The molecule has 122 valence electrons. The van der Waals surface area contributed by atoms with Gasteiger partial charge in [0.1, 0.15) is 11.5 Å². The summed E-state index contributed by atoms with van der Waals surface area (Å²) >= 11 is 0. The van der Waals surface area contributed by atoms with E-state index < -0.39 is 0 Å². The zero-order chi connectivity index (χ0) is 15.9. The van der Waals surface area contributed by atoms with Crippen LogP contribution in [-0.2, 0) is 22.6 Å². The monoisotopic (exact) mass is 297 g/mol. The fourth-order valence-corrected chi connectivity index (χ4v) is 1.90. The standard InChI is InChI=1S/C17H31NO3/c1-13(2)10-18-11-16-9-15(14(3)21-16)12-20-8-7-17(4,5)19-6/h9,13,18H,7-8,10-12H2,1-6H3. The fourth-order valence-electron chi connectivity index (χ4n) is 1.90. The Morgan fingerprint density at radius 1 is 1.33 bits per heavy atom. The number of furan rings is 1. The van der Waals surface area contributed by atoms with Gasteiger partial charge in [0.25, 0.3) is 0 Å². The Morgan fingerprint density at radius 3 is 2.67 bits per heavy atom.